The monoisotopic (exact) mass is 170 g/mol. The van der Waals surface area contributed by atoms with Crippen LogP contribution >= 0.6 is 0 Å². The van der Waals surface area contributed by atoms with Crippen LogP contribution in [0.25, 0.3) is 0 Å². The van der Waals surface area contributed by atoms with Gasteiger partial charge in [0.1, 0.15) is 0 Å². The predicted molar refractivity (Wildman–Crippen MR) is 55.4 cm³/mol. The van der Waals surface area contributed by atoms with Gasteiger partial charge in [-0.2, -0.15) is 0 Å². The number of nitrogens with two attached hydrogens (primary N) is 1. The summed E-state index contributed by atoms with van der Waals surface area (Å²) >= 11 is 0. The second-order valence-corrected chi connectivity index (χ2v) is 3.80. The van der Waals surface area contributed by atoms with Gasteiger partial charge in [-0.15, -0.1) is 0 Å². The third-order valence-corrected chi connectivity index (χ3v) is 2.23. The van der Waals surface area contributed by atoms with E-state index >= 15 is 0 Å². The van der Waals surface area contributed by atoms with E-state index in [0.717, 1.165) is 25.2 Å². The SMILES string of the molecule is CCCC(N)=NCC(C)C(C)C. The van der Waals surface area contributed by atoms with E-state index < -0.39 is 0 Å². The molecule has 0 heterocycles. The highest BCUT2D eigenvalue weighted by Crippen LogP contribution is 2.09. The van der Waals surface area contributed by atoms with Gasteiger partial charge < -0.3 is 5.73 Å². The van der Waals surface area contributed by atoms with Crippen molar-refractivity contribution in [3.05, 3.63) is 0 Å². The summed E-state index contributed by atoms with van der Waals surface area (Å²) in [5.74, 6) is 2.15. The summed E-state index contributed by atoms with van der Waals surface area (Å²) in [4.78, 5) is 4.33. The van der Waals surface area contributed by atoms with Crippen LogP contribution in [0.2, 0.25) is 0 Å². The lowest BCUT2D eigenvalue weighted by molar-refractivity contribution is 0.430. The first-order chi connectivity index (χ1) is 5.57. The number of aliphatic imine (C=N–C) groups is 1. The number of amidine groups is 1. The topological polar surface area (TPSA) is 38.4 Å². The summed E-state index contributed by atoms with van der Waals surface area (Å²) in [6.07, 6.45) is 2.02. The van der Waals surface area contributed by atoms with Crippen molar-refractivity contribution in [1.82, 2.24) is 0 Å². The number of nitrogens with zero attached hydrogens (tertiary/aromatic N) is 1. The maximum atomic E-state index is 5.68. The number of hydrogen-bond donors (Lipinski definition) is 1. The van der Waals surface area contributed by atoms with Crippen LogP contribution in [0.15, 0.2) is 4.99 Å². The zero-order valence-corrected chi connectivity index (χ0v) is 8.80. The average molecular weight is 170 g/mol. The molecule has 2 heteroatoms. The molecule has 1 unspecified atom stereocenters. The Bertz CT molecular complexity index is 139. The van der Waals surface area contributed by atoms with Crippen molar-refractivity contribution in [3.63, 3.8) is 0 Å². The van der Waals surface area contributed by atoms with Crippen molar-refractivity contribution in [3.8, 4) is 0 Å². The summed E-state index contributed by atoms with van der Waals surface area (Å²) in [5, 5.41) is 0. The fourth-order valence-electron chi connectivity index (χ4n) is 0.807. The fourth-order valence-corrected chi connectivity index (χ4v) is 0.807. The zero-order valence-electron chi connectivity index (χ0n) is 8.80. The summed E-state index contributed by atoms with van der Waals surface area (Å²) < 4.78 is 0. The van der Waals surface area contributed by atoms with Crippen molar-refractivity contribution >= 4 is 5.84 Å². The molecule has 0 aliphatic heterocycles. The van der Waals surface area contributed by atoms with Gasteiger partial charge in [-0.1, -0.05) is 27.7 Å². The molecule has 0 saturated heterocycles. The van der Waals surface area contributed by atoms with Crippen molar-refractivity contribution in [2.75, 3.05) is 6.54 Å². The van der Waals surface area contributed by atoms with Gasteiger partial charge >= 0.3 is 0 Å². The molecule has 0 radical (unpaired) electrons. The van der Waals surface area contributed by atoms with Gasteiger partial charge in [-0.05, 0) is 18.3 Å². The Hall–Kier alpha value is -0.530. The van der Waals surface area contributed by atoms with E-state index in [1.165, 1.54) is 0 Å². The molecule has 0 saturated carbocycles. The highest BCUT2D eigenvalue weighted by Gasteiger charge is 2.05. The highest BCUT2D eigenvalue weighted by atomic mass is 14.8. The Kier molecular flexibility index (Phi) is 5.77. The third kappa shape index (κ3) is 5.16. The van der Waals surface area contributed by atoms with Gasteiger partial charge in [0.15, 0.2) is 0 Å². The summed E-state index contributed by atoms with van der Waals surface area (Å²) in [5.41, 5.74) is 5.68. The Morgan fingerprint density at radius 1 is 1.33 bits per heavy atom. The second-order valence-electron chi connectivity index (χ2n) is 3.80. The van der Waals surface area contributed by atoms with Gasteiger partial charge in [0.2, 0.25) is 0 Å². The minimum Gasteiger partial charge on any atom is -0.387 e. The van der Waals surface area contributed by atoms with Crippen LogP contribution in [-0.2, 0) is 0 Å². The molecular weight excluding hydrogens is 148 g/mol. The first-order valence-electron chi connectivity index (χ1n) is 4.86. The van der Waals surface area contributed by atoms with E-state index in [1.54, 1.807) is 0 Å². The lowest BCUT2D eigenvalue weighted by atomic mass is 9.98. The fraction of sp³-hybridized carbons (Fsp3) is 0.900. The van der Waals surface area contributed by atoms with Gasteiger partial charge in [-0.25, -0.2) is 0 Å². The molecule has 2 N–H and O–H groups in total. The van der Waals surface area contributed by atoms with Crippen molar-refractivity contribution < 1.29 is 0 Å². The molecule has 0 amide bonds. The Morgan fingerprint density at radius 2 is 1.92 bits per heavy atom. The predicted octanol–water partition coefficient (Wildman–Crippen LogP) is 2.44. The zero-order chi connectivity index (χ0) is 9.56. The van der Waals surface area contributed by atoms with Crippen LogP contribution in [0.5, 0.6) is 0 Å². The normalized spacial score (nSPS) is 15.2. The largest absolute Gasteiger partial charge is 0.387 e. The van der Waals surface area contributed by atoms with E-state index in [1.807, 2.05) is 0 Å². The van der Waals surface area contributed by atoms with Crippen LogP contribution in [0, 0.1) is 11.8 Å². The summed E-state index contributed by atoms with van der Waals surface area (Å²) in [6.45, 7) is 9.65. The van der Waals surface area contributed by atoms with E-state index in [9.17, 15) is 0 Å². The van der Waals surface area contributed by atoms with Crippen LogP contribution < -0.4 is 5.73 Å². The third-order valence-electron chi connectivity index (χ3n) is 2.23. The molecular formula is C10H22N2. The highest BCUT2D eigenvalue weighted by molar-refractivity contribution is 5.80. The molecule has 0 rings (SSSR count). The smallest absolute Gasteiger partial charge is 0.0937 e. The Labute approximate surface area is 76.3 Å². The van der Waals surface area contributed by atoms with Gasteiger partial charge in [0.05, 0.1) is 5.84 Å². The molecule has 72 valence electrons. The molecule has 0 aliphatic rings. The molecule has 1 atom stereocenters. The quantitative estimate of drug-likeness (QED) is 0.499. The molecule has 0 aliphatic carbocycles. The molecule has 2 nitrogen and oxygen atoms in total. The van der Waals surface area contributed by atoms with Gasteiger partial charge in [0.25, 0.3) is 0 Å². The van der Waals surface area contributed by atoms with E-state index in [2.05, 4.69) is 32.7 Å². The van der Waals surface area contributed by atoms with E-state index in [0.29, 0.717) is 11.8 Å². The van der Waals surface area contributed by atoms with E-state index in [4.69, 9.17) is 5.73 Å². The molecule has 0 aromatic rings. The molecule has 0 fully saturated rings. The van der Waals surface area contributed by atoms with Crippen LogP contribution in [0.4, 0.5) is 0 Å². The van der Waals surface area contributed by atoms with Gasteiger partial charge in [-0.3, -0.25) is 4.99 Å². The van der Waals surface area contributed by atoms with Crippen LogP contribution in [-0.4, -0.2) is 12.4 Å². The van der Waals surface area contributed by atoms with Crippen LogP contribution in [0.1, 0.15) is 40.5 Å². The first-order valence-corrected chi connectivity index (χ1v) is 4.86. The average Bonchev–Trinajstić information content (AvgIpc) is 2.00. The molecule has 0 bridgehead atoms. The van der Waals surface area contributed by atoms with Crippen molar-refractivity contribution in [2.45, 2.75) is 40.5 Å². The lowest BCUT2D eigenvalue weighted by Gasteiger charge is -2.12. The Balaban J connectivity index is 3.71. The minimum atomic E-state index is 0.639. The number of rotatable bonds is 5. The summed E-state index contributed by atoms with van der Waals surface area (Å²) in [7, 11) is 0. The van der Waals surface area contributed by atoms with Gasteiger partial charge in [0, 0.05) is 13.0 Å². The second kappa shape index (κ2) is 6.04. The van der Waals surface area contributed by atoms with Crippen molar-refractivity contribution in [1.29, 1.82) is 0 Å². The first kappa shape index (κ1) is 11.5. The van der Waals surface area contributed by atoms with Crippen molar-refractivity contribution in [2.24, 2.45) is 22.6 Å². The Morgan fingerprint density at radius 3 is 2.33 bits per heavy atom. The molecule has 0 spiro atoms. The van der Waals surface area contributed by atoms with Crippen LogP contribution in [0.3, 0.4) is 0 Å². The van der Waals surface area contributed by atoms with E-state index in [-0.39, 0.29) is 0 Å². The summed E-state index contributed by atoms with van der Waals surface area (Å²) in [6, 6.07) is 0. The minimum absolute atomic E-state index is 0.639. The molecule has 0 aromatic carbocycles. The maximum absolute atomic E-state index is 5.68. The number of hydrogen-bond acceptors (Lipinski definition) is 1. The lowest BCUT2D eigenvalue weighted by Crippen LogP contribution is -2.15. The standard InChI is InChI=1S/C10H22N2/c1-5-6-10(11)12-7-9(4)8(2)3/h8-9H,5-7H2,1-4H3,(H2,11,12). The molecule has 0 aromatic heterocycles. The maximum Gasteiger partial charge on any atom is 0.0937 e. The molecule has 12 heavy (non-hydrogen) atoms.